The molecule has 5 atom stereocenters. The highest BCUT2D eigenvalue weighted by Crippen LogP contribution is 2.31. The number of nitrogens with one attached hydrogen (secondary N) is 1. The molecule has 1 aromatic rings. The molecule has 1 aromatic carbocycles. The molecular formula is C30H51N7O. The highest BCUT2D eigenvalue weighted by Gasteiger charge is 2.44. The maximum Gasteiger partial charge on any atom is 0.195 e. The topological polar surface area (TPSA) is 95.4 Å². The zero-order valence-corrected chi connectivity index (χ0v) is 24.3. The second kappa shape index (κ2) is 12.7. The lowest BCUT2D eigenvalue weighted by Crippen LogP contribution is -2.57. The first-order valence-corrected chi connectivity index (χ1v) is 14.8. The summed E-state index contributed by atoms with van der Waals surface area (Å²) >= 11 is 0. The molecule has 0 aliphatic carbocycles. The summed E-state index contributed by atoms with van der Waals surface area (Å²) in [7, 11) is 0. The van der Waals surface area contributed by atoms with Crippen molar-refractivity contribution >= 4 is 11.9 Å². The highest BCUT2D eigenvalue weighted by molar-refractivity contribution is 5.80. The molecule has 38 heavy (non-hydrogen) atoms. The third-order valence-corrected chi connectivity index (χ3v) is 8.80. The normalized spacial score (nSPS) is 26.2. The van der Waals surface area contributed by atoms with Gasteiger partial charge in [0.2, 0.25) is 0 Å². The van der Waals surface area contributed by atoms with Crippen LogP contribution in [0.4, 0.5) is 0 Å². The van der Waals surface area contributed by atoms with Crippen LogP contribution in [0.25, 0.3) is 0 Å². The Bertz CT molecular complexity index is 934. The van der Waals surface area contributed by atoms with E-state index in [1.807, 2.05) is 6.92 Å². The zero-order chi connectivity index (χ0) is 27.4. The molecule has 3 heterocycles. The molecule has 8 nitrogen and oxygen atoms in total. The van der Waals surface area contributed by atoms with Crippen molar-refractivity contribution in [1.29, 1.82) is 5.41 Å². The molecule has 2 fully saturated rings. The molecule has 212 valence electrons. The third-order valence-electron chi connectivity index (χ3n) is 8.80. The predicted octanol–water partition coefficient (Wildman–Crippen LogP) is 3.41. The molecule has 0 aromatic heterocycles. The first kappa shape index (κ1) is 28.7. The molecule has 0 amide bonds. The standard InChI is InChI=1S/C30H51N7O/c1-21(2)11-9-16-35-27(23(5)38)20-37(30(35)32)28(17-24-12-7-6-8-13-24)34-15-10-14-25(34)19-36-26(22(3)4)18-33-29(36)31/h6-8,12-13,21-23,25-28,32,38H,9-11,14-20H2,1-5H3,(H2,31,33)/t23-,25+,26+,27+,28-/m1/s1. The minimum absolute atomic E-state index is 0.0549. The van der Waals surface area contributed by atoms with Crippen LogP contribution in [0.3, 0.4) is 0 Å². The van der Waals surface area contributed by atoms with Gasteiger partial charge in [-0.1, -0.05) is 58.0 Å². The van der Waals surface area contributed by atoms with Gasteiger partial charge >= 0.3 is 0 Å². The van der Waals surface area contributed by atoms with Crippen molar-refractivity contribution in [2.24, 2.45) is 22.6 Å². The van der Waals surface area contributed by atoms with Gasteiger partial charge < -0.3 is 25.5 Å². The van der Waals surface area contributed by atoms with Gasteiger partial charge in [0.25, 0.3) is 0 Å². The van der Waals surface area contributed by atoms with Gasteiger partial charge in [-0.05, 0) is 50.0 Å². The predicted molar refractivity (Wildman–Crippen MR) is 156 cm³/mol. The molecule has 4 rings (SSSR count). The Hall–Kier alpha value is -2.32. The number of hydrogen-bond donors (Lipinski definition) is 3. The maximum absolute atomic E-state index is 10.7. The fraction of sp³-hybridized carbons (Fsp3) is 0.733. The number of guanidine groups is 2. The molecule has 0 saturated carbocycles. The number of aliphatic imine (C=N–C) groups is 1. The average Bonchev–Trinajstić information content (AvgIpc) is 3.57. The summed E-state index contributed by atoms with van der Waals surface area (Å²) in [5.41, 5.74) is 7.67. The second-order valence-corrected chi connectivity index (χ2v) is 12.4. The lowest BCUT2D eigenvalue weighted by Gasteiger charge is -2.42. The van der Waals surface area contributed by atoms with Crippen LogP contribution in [0, 0.1) is 17.2 Å². The Morgan fingerprint density at radius 2 is 1.82 bits per heavy atom. The van der Waals surface area contributed by atoms with Crippen LogP contribution in [0.1, 0.15) is 65.9 Å². The van der Waals surface area contributed by atoms with Gasteiger partial charge in [-0.3, -0.25) is 15.3 Å². The van der Waals surface area contributed by atoms with Crippen molar-refractivity contribution in [2.45, 2.75) is 97.1 Å². The summed E-state index contributed by atoms with van der Waals surface area (Å²) in [4.78, 5) is 14.0. The summed E-state index contributed by atoms with van der Waals surface area (Å²) in [5, 5.41) is 20.1. The number of nitrogens with two attached hydrogens (primary N) is 1. The van der Waals surface area contributed by atoms with Crippen LogP contribution >= 0.6 is 0 Å². The summed E-state index contributed by atoms with van der Waals surface area (Å²) in [6, 6.07) is 11.3. The minimum Gasteiger partial charge on any atom is -0.391 e. The van der Waals surface area contributed by atoms with E-state index in [2.05, 4.69) is 82.6 Å². The van der Waals surface area contributed by atoms with E-state index < -0.39 is 6.10 Å². The van der Waals surface area contributed by atoms with Crippen LogP contribution in [0.5, 0.6) is 0 Å². The van der Waals surface area contributed by atoms with Crippen LogP contribution < -0.4 is 5.73 Å². The minimum atomic E-state index is -0.487. The Kier molecular flexibility index (Phi) is 9.58. The highest BCUT2D eigenvalue weighted by atomic mass is 16.3. The largest absolute Gasteiger partial charge is 0.391 e. The van der Waals surface area contributed by atoms with E-state index in [1.54, 1.807) is 0 Å². The quantitative estimate of drug-likeness (QED) is 0.387. The lowest BCUT2D eigenvalue weighted by molar-refractivity contribution is 0.0596. The molecule has 0 bridgehead atoms. The molecule has 8 heteroatoms. The SMILES string of the molecule is CC(C)CCCN1C(=N)N([C@H](Cc2ccccc2)N2CCC[C@H]2CN2C(N)=NC[C@H]2C(C)C)C[C@H]1[C@@H](C)O. The second-order valence-electron chi connectivity index (χ2n) is 12.4. The van der Waals surface area contributed by atoms with Gasteiger partial charge in [0.05, 0.1) is 30.9 Å². The zero-order valence-electron chi connectivity index (χ0n) is 24.3. The van der Waals surface area contributed by atoms with Crippen LogP contribution in [-0.2, 0) is 6.42 Å². The smallest absolute Gasteiger partial charge is 0.195 e. The van der Waals surface area contributed by atoms with Crippen molar-refractivity contribution in [3.63, 3.8) is 0 Å². The van der Waals surface area contributed by atoms with E-state index in [1.165, 1.54) is 5.56 Å². The number of hydrogen-bond acceptors (Lipinski definition) is 6. The molecular weight excluding hydrogens is 474 g/mol. The van der Waals surface area contributed by atoms with Crippen molar-refractivity contribution in [2.75, 3.05) is 32.7 Å². The maximum atomic E-state index is 10.7. The molecule has 0 radical (unpaired) electrons. The number of rotatable bonds is 12. The Labute approximate surface area is 230 Å². The first-order chi connectivity index (χ1) is 18.2. The van der Waals surface area contributed by atoms with E-state index in [-0.39, 0.29) is 12.2 Å². The number of likely N-dealkylation sites (tertiary alicyclic amines) is 1. The average molecular weight is 526 g/mol. The van der Waals surface area contributed by atoms with Crippen molar-refractivity contribution in [3.05, 3.63) is 35.9 Å². The molecule has 2 saturated heterocycles. The van der Waals surface area contributed by atoms with Gasteiger partial charge in [-0.15, -0.1) is 0 Å². The van der Waals surface area contributed by atoms with Crippen LogP contribution in [-0.4, -0.2) is 99.7 Å². The van der Waals surface area contributed by atoms with E-state index in [4.69, 9.17) is 5.73 Å². The summed E-state index contributed by atoms with van der Waals surface area (Å²) in [5.74, 6) is 2.37. The van der Waals surface area contributed by atoms with Gasteiger partial charge in [-0.2, -0.15) is 0 Å². The molecule has 0 unspecified atom stereocenters. The third kappa shape index (κ3) is 6.45. The van der Waals surface area contributed by atoms with Crippen molar-refractivity contribution < 1.29 is 5.11 Å². The molecule has 0 spiro atoms. The number of aliphatic hydroxyl groups is 1. The molecule has 3 aliphatic rings. The Morgan fingerprint density at radius 1 is 1.08 bits per heavy atom. The Balaban J connectivity index is 1.59. The number of nitrogens with zero attached hydrogens (tertiary/aromatic N) is 5. The summed E-state index contributed by atoms with van der Waals surface area (Å²) < 4.78 is 0. The van der Waals surface area contributed by atoms with Gasteiger partial charge in [0.15, 0.2) is 11.9 Å². The van der Waals surface area contributed by atoms with Crippen molar-refractivity contribution in [1.82, 2.24) is 19.6 Å². The summed E-state index contributed by atoms with van der Waals surface area (Å²) in [6.45, 7) is 15.1. The van der Waals surface area contributed by atoms with E-state index in [0.29, 0.717) is 42.4 Å². The monoisotopic (exact) mass is 525 g/mol. The van der Waals surface area contributed by atoms with Gasteiger partial charge in [-0.25, -0.2) is 0 Å². The fourth-order valence-electron chi connectivity index (χ4n) is 6.58. The molecule has 3 aliphatic heterocycles. The number of aliphatic hydroxyl groups excluding tert-OH is 1. The van der Waals surface area contributed by atoms with Gasteiger partial charge in [0.1, 0.15) is 0 Å². The molecule has 4 N–H and O–H groups in total. The van der Waals surface area contributed by atoms with E-state index in [9.17, 15) is 10.5 Å². The summed E-state index contributed by atoms with van der Waals surface area (Å²) in [6.07, 6.45) is 4.87. The van der Waals surface area contributed by atoms with E-state index in [0.717, 1.165) is 58.3 Å². The van der Waals surface area contributed by atoms with Crippen molar-refractivity contribution in [3.8, 4) is 0 Å². The van der Waals surface area contributed by atoms with E-state index >= 15 is 0 Å². The van der Waals surface area contributed by atoms with Crippen LogP contribution in [0.15, 0.2) is 35.3 Å². The van der Waals surface area contributed by atoms with Gasteiger partial charge in [0, 0.05) is 38.6 Å². The lowest BCUT2D eigenvalue weighted by atomic mass is 10.0. The first-order valence-electron chi connectivity index (χ1n) is 14.8. The number of benzene rings is 1. The fourth-order valence-corrected chi connectivity index (χ4v) is 6.58. The Morgan fingerprint density at radius 3 is 2.47 bits per heavy atom. The van der Waals surface area contributed by atoms with Crippen LogP contribution in [0.2, 0.25) is 0 Å².